The zero-order valence-corrected chi connectivity index (χ0v) is 13.4. The molecular weight excluding hydrogens is 258 g/mol. The number of hydrogen-bond acceptors (Lipinski definition) is 3. The van der Waals surface area contributed by atoms with Crippen molar-refractivity contribution in [1.82, 2.24) is 4.90 Å². The molecule has 0 atom stereocenters. The molecule has 0 aliphatic heterocycles. The van der Waals surface area contributed by atoms with E-state index < -0.39 is 23.2 Å². The molecule has 5 nitrogen and oxygen atoms in total. The Morgan fingerprint density at radius 3 is 2.15 bits per heavy atom. The zero-order chi connectivity index (χ0) is 15.7. The van der Waals surface area contributed by atoms with E-state index in [4.69, 9.17) is 4.74 Å². The summed E-state index contributed by atoms with van der Waals surface area (Å²) in [5.74, 6) is -0.149. The summed E-state index contributed by atoms with van der Waals surface area (Å²) in [6.45, 7) is 11.6. The Balaban J connectivity index is 2.90. The molecule has 116 valence electrons. The second-order valence-corrected chi connectivity index (χ2v) is 6.97. The smallest absolute Gasteiger partial charge is 0.411 e. The molecule has 0 aromatic carbocycles. The molecule has 0 saturated heterocycles. The first-order valence-electron chi connectivity index (χ1n) is 7.27. The van der Waals surface area contributed by atoms with Crippen LogP contribution in [-0.4, -0.2) is 39.8 Å². The van der Waals surface area contributed by atoms with Crippen LogP contribution in [-0.2, 0) is 9.53 Å². The SMILES string of the molecule is CCN(C(=O)OC(C)(C)C)C1(C(=O)O)CC(C(C)C)C1. The summed E-state index contributed by atoms with van der Waals surface area (Å²) in [6, 6.07) is 0. The van der Waals surface area contributed by atoms with Crippen molar-refractivity contribution < 1.29 is 19.4 Å². The molecule has 0 bridgehead atoms. The number of carbonyl (C=O) groups excluding carboxylic acids is 1. The van der Waals surface area contributed by atoms with Gasteiger partial charge in [-0.2, -0.15) is 0 Å². The Morgan fingerprint density at radius 2 is 1.85 bits per heavy atom. The highest BCUT2D eigenvalue weighted by atomic mass is 16.6. The third kappa shape index (κ3) is 3.25. The van der Waals surface area contributed by atoms with E-state index in [9.17, 15) is 14.7 Å². The molecule has 1 saturated carbocycles. The summed E-state index contributed by atoms with van der Waals surface area (Å²) in [5, 5.41) is 9.58. The second-order valence-electron chi connectivity index (χ2n) is 6.97. The normalized spacial score (nSPS) is 26.1. The number of nitrogens with zero attached hydrogens (tertiary/aromatic N) is 1. The fourth-order valence-electron chi connectivity index (χ4n) is 2.71. The minimum absolute atomic E-state index is 0.339. The number of likely N-dealkylation sites (N-methyl/N-ethyl adjacent to an activating group) is 1. The van der Waals surface area contributed by atoms with Gasteiger partial charge in [0.05, 0.1) is 0 Å². The molecule has 0 radical (unpaired) electrons. The molecule has 0 aromatic rings. The van der Waals surface area contributed by atoms with E-state index in [1.165, 1.54) is 4.90 Å². The van der Waals surface area contributed by atoms with Gasteiger partial charge in [0, 0.05) is 6.54 Å². The maximum Gasteiger partial charge on any atom is 0.411 e. The maximum atomic E-state index is 12.3. The molecule has 0 aromatic heterocycles. The number of carboxylic acid groups (broad SMARTS) is 1. The van der Waals surface area contributed by atoms with Crippen LogP contribution >= 0.6 is 0 Å². The number of amides is 1. The van der Waals surface area contributed by atoms with Crippen molar-refractivity contribution in [2.45, 2.75) is 65.5 Å². The molecule has 0 heterocycles. The van der Waals surface area contributed by atoms with Gasteiger partial charge in [0.15, 0.2) is 0 Å². The van der Waals surface area contributed by atoms with Gasteiger partial charge in [0.2, 0.25) is 0 Å². The third-order valence-electron chi connectivity index (χ3n) is 3.99. The van der Waals surface area contributed by atoms with Crippen LogP contribution in [0.1, 0.15) is 54.4 Å². The largest absolute Gasteiger partial charge is 0.479 e. The van der Waals surface area contributed by atoms with Gasteiger partial charge in [0.1, 0.15) is 11.1 Å². The van der Waals surface area contributed by atoms with Crippen LogP contribution in [0.4, 0.5) is 4.79 Å². The Labute approximate surface area is 121 Å². The van der Waals surface area contributed by atoms with Gasteiger partial charge in [-0.15, -0.1) is 0 Å². The number of aliphatic carboxylic acids is 1. The van der Waals surface area contributed by atoms with Crippen LogP contribution in [0.25, 0.3) is 0 Å². The molecule has 1 aliphatic carbocycles. The number of carboxylic acids is 1. The molecule has 1 N–H and O–H groups in total. The molecule has 0 spiro atoms. The first kappa shape index (κ1) is 16.8. The fraction of sp³-hybridized carbons (Fsp3) is 0.867. The van der Waals surface area contributed by atoms with Gasteiger partial charge in [-0.1, -0.05) is 13.8 Å². The van der Waals surface area contributed by atoms with E-state index in [1.807, 2.05) is 0 Å². The van der Waals surface area contributed by atoms with Gasteiger partial charge in [-0.3, -0.25) is 4.90 Å². The Hall–Kier alpha value is -1.26. The van der Waals surface area contributed by atoms with E-state index >= 15 is 0 Å². The average Bonchev–Trinajstić information content (AvgIpc) is 2.18. The topological polar surface area (TPSA) is 66.8 Å². The molecule has 0 unspecified atom stereocenters. The number of hydrogen-bond donors (Lipinski definition) is 1. The van der Waals surface area contributed by atoms with Gasteiger partial charge in [-0.05, 0) is 52.4 Å². The Morgan fingerprint density at radius 1 is 1.35 bits per heavy atom. The highest BCUT2D eigenvalue weighted by Crippen LogP contribution is 2.46. The van der Waals surface area contributed by atoms with Crippen molar-refractivity contribution in [2.24, 2.45) is 11.8 Å². The predicted octanol–water partition coefficient (Wildman–Crippen LogP) is 3.13. The van der Waals surface area contributed by atoms with Crippen LogP contribution in [0, 0.1) is 11.8 Å². The zero-order valence-electron chi connectivity index (χ0n) is 13.4. The standard InChI is InChI=1S/C15H27NO4/c1-7-16(13(19)20-14(4,5)6)15(12(17)18)8-11(9-15)10(2)3/h10-11H,7-9H2,1-6H3,(H,17,18). The second kappa shape index (κ2) is 5.62. The Bertz CT molecular complexity index is 378. The number of ether oxygens (including phenoxy) is 1. The lowest BCUT2D eigenvalue weighted by Gasteiger charge is -2.51. The maximum absolute atomic E-state index is 12.3. The summed E-state index contributed by atoms with van der Waals surface area (Å²) in [4.78, 5) is 25.3. The van der Waals surface area contributed by atoms with Crippen molar-refractivity contribution in [3.8, 4) is 0 Å². The number of carbonyl (C=O) groups is 2. The summed E-state index contributed by atoms with van der Waals surface area (Å²) >= 11 is 0. The van der Waals surface area contributed by atoms with Gasteiger partial charge < -0.3 is 9.84 Å². The highest BCUT2D eigenvalue weighted by Gasteiger charge is 2.57. The van der Waals surface area contributed by atoms with Gasteiger partial charge >= 0.3 is 12.1 Å². The van der Waals surface area contributed by atoms with E-state index in [1.54, 1.807) is 27.7 Å². The first-order chi connectivity index (χ1) is 9.03. The van der Waals surface area contributed by atoms with E-state index in [0.29, 0.717) is 31.2 Å². The lowest BCUT2D eigenvalue weighted by molar-refractivity contribution is -0.163. The fourth-order valence-corrected chi connectivity index (χ4v) is 2.71. The molecule has 1 rings (SSSR count). The quantitative estimate of drug-likeness (QED) is 0.861. The summed E-state index contributed by atoms with van der Waals surface area (Å²) in [7, 11) is 0. The highest BCUT2D eigenvalue weighted by molar-refractivity contribution is 5.85. The van der Waals surface area contributed by atoms with Crippen molar-refractivity contribution in [1.29, 1.82) is 0 Å². The molecule has 20 heavy (non-hydrogen) atoms. The van der Waals surface area contributed by atoms with Crippen LogP contribution in [0.2, 0.25) is 0 Å². The molecule has 1 amide bonds. The minimum atomic E-state index is -1.09. The first-order valence-corrected chi connectivity index (χ1v) is 7.27. The molecule has 1 fully saturated rings. The predicted molar refractivity (Wildman–Crippen MR) is 76.5 cm³/mol. The molecular formula is C15H27NO4. The molecule has 1 aliphatic rings. The van der Waals surface area contributed by atoms with Gasteiger partial charge in [0.25, 0.3) is 0 Å². The third-order valence-corrected chi connectivity index (χ3v) is 3.99. The average molecular weight is 285 g/mol. The Kier molecular flexibility index (Phi) is 4.72. The van der Waals surface area contributed by atoms with Crippen molar-refractivity contribution >= 4 is 12.1 Å². The monoisotopic (exact) mass is 285 g/mol. The van der Waals surface area contributed by atoms with Crippen LogP contribution in [0.3, 0.4) is 0 Å². The van der Waals surface area contributed by atoms with Gasteiger partial charge in [-0.25, -0.2) is 9.59 Å². The van der Waals surface area contributed by atoms with Crippen molar-refractivity contribution in [3.63, 3.8) is 0 Å². The summed E-state index contributed by atoms with van der Waals surface area (Å²) in [6.07, 6.45) is 0.477. The van der Waals surface area contributed by atoms with Crippen LogP contribution in [0.5, 0.6) is 0 Å². The minimum Gasteiger partial charge on any atom is -0.479 e. The lowest BCUT2D eigenvalue weighted by atomic mass is 9.63. The van der Waals surface area contributed by atoms with Crippen molar-refractivity contribution in [3.05, 3.63) is 0 Å². The van der Waals surface area contributed by atoms with E-state index in [-0.39, 0.29) is 0 Å². The van der Waals surface area contributed by atoms with Crippen LogP contribution < -0.4 is 0 Å². The van der Waals surface area contributed by atoms with Crippen LogP contribution in [0.15, 0.2) is 0 Å². The summed E-state index contributed by atoms with van der Waals surface area (Å²) < 4.78 is 5.34. The number of rotatable bonds is 4. The summed E-state index contributed by atoms with van der Waals surface area (Å²) in [5.41, 5.74) is -1.71. The van der Waals surface area contributed by atoms with E-state index in [2.05, 4.69) is 13.8 Å². The lowest BCUT2D eigenvalue weighted by Crippen LogP contribution is -2.65. The van der Waals surface area contributed by atoms with Crippen molar-refractivity contribution in [2.75, 3.05) is 6.54 Å². The van der Waals surface area contributed by atoms with E-state index in [0.717, 1.165) is 0 Å². The molecule has 5 heteroatoms.